The molecule has 23 heavy (non-hydrogen) atoms. The van der Waals surface area contributed by atoms with E-state index < -0.39 is 0 Å². The van der Waals surface area contributed by atoms with Crippen LogP contribution in [-0.4, -0.2) is 32.9 Å². The number of benzene rings is 2. The van der Waals surface area contributed by atoms with Gasteiger partial charge in [-0.2, -0.15) is 0 Å². The summed E-state index contributed by atoms with van der Waals surface area (Å²) in [6.45, 7) is 2.59. The van der Waals surface area contributed by atoms with Gasteiger partial charge in [0.05, 0.1) is 19.8 Å². The molecule has 1 N–H and O–H groups in total. The van der Waals surface area contributed by atoms with Gasteiger partial charge in [0.25, 0.3) is 0 Å². The first-order valence-electron chi connectivity index (χ1n) is 8.02. The third-order valence-corrected chi connectivity index (χ3v) is 4.21. The third-order valence-electron chi connectivity index (χ3n) is 4.21. The Hall–Kier alpha value is -1.91. The lowest BCUT2D eigenvalue weighted by Crippen LogP contribution is -2.38. The molecule has 4 heteroatoms. The Balaban J connectivity index is 1.84. The van der Waals surface area contributed by atoms with Gasteiger partial charge in [-0.05, 0) is 42.2 Å². The van der Waals surface area contributed by atoms with Crippen molar-refractivity contribution in [1.29, 1.82) is 0 Å². The third kappa shape index (κ3) is 3.89. The fourth-order valence-electron chi connectivity index (χ4n) is 3.01. The summed E-state index contributed by atoms with van der Waals surface area (Å²) >= 11 is 0. The van der Waals surface area contributed by atoms with Gasteiger partial charge < -0.3 is 14.8 Å². The van der Waals surface area contributed by atoms with Crippen LogP contribution in [0, 0.1) is 5.82 Å². The molecule has 1 heterocycles. The van der Waals surface area contributed by atoms with Gasteiger partial charge in [0.2, 0.25) is 0 Å². The van der Waals surface area contributed by atoms with E-state index in [0.717, 1.165) is 43.7 Å². The van der Waals surface area contributed by atoms with Gasteiger partial charge in [0.1, 0.15) is 11.6 Å². The molecule has 1 aliphatic heterocycles. The van der Waals surface area contributed by atoms with E-state index in [0.29, 0.717) is 5.75 Å². The summed E-state index contributed by atoms with van der Waals surface area (Å²) in [5, 5.41) is 3.35. The lowest BCUT2D eigenvalue weighted by Gasteiger charge is -2.24. The highest BCUT2D eigenvalue weighted by Crippen LogP contribution is 2.33. The molecule has 1 unspecified atom stereocenters. The van der Waals surface area contributed by atoms with Crippen LogP contribution in [0.4, 0.5) is 4.39 Å². The van der Waals surface area contributed by atoms with Gasteiger partial charge in [0.15, 0.2) is 0 Å². The van der Waals surface area contributed by atoms with Crippen molar-refractivity contribution in [1.82, 2.24) is 5.32 Å². The summed E-state index contributed by atoms with van der Waals surface area (Å²) in [5.41, 5.74) is 3.00. The van der Waals surface area contributed by atoms with E-state index in [-0.39, 0.29) is 11.9 Å². The highest BCUT2D eigenvalue weighted by molar-refractivity contribution is 5.73. The molecule has 0 radical (unpaired) electrons. The van der Waals surface area contributed by atoms with Crippen LogP contribution in [0.1, 0.15) is 12.0 Å². The topological polar surface area (TPSA) is 30.5 Å². The first-order chi connectivity index (χ1) is 11.3. The van der Waals surface area contributed by atoms with Crippen molar-refractivity contribution in [3.63, 3.8) is 0 Å². The van der Waals surface area contributed by atoms with E-state index in [4.69, 9.17) is 9.47 Å². The lowest BCUT2D eigenvalue weighted by atomic mass is 9.95. The van der Waals surface area contributed by atoms with Crippen molar-refractivity contribution in [2.24, 2.45) is 0 Å². The molecule has 0 saturated carbocycles. The number of aryl methyl sites for hydroxylation is 1. The summed E-state index contributed by atoms with van der Waals surface area (Å²) in [5.74, 6) is 0.435. The number of ether oxygens (including phenoxy) is 2. The molecule has 0 amide bonds. The molecule has 3 nitrogen and oxygen atoms in total. The number of morpholine rings is 1. The van der Waals surface area contributed by atoms with E-state index in [1.165, 1.54) is 17.7 Å². The number of hydrogen-bond acceptors (Lipinski definition) is 3. The zero-order valence-corrected chi connectivity index (χ0v) is 13.3. The van der Waals surface area contributed by atoms with Crippen LogP contribution in [-0.2, 0) is 11.2 Å². The highest BCUT2D eigenvalue weighted by atomic mass is 19.1. The minimum atomic E-state index is -0.254. The van der Waals surface area contributed by atoms with Gasteiger partial charge in [-0.3, -0.25) is 0 Å². The molecule has 0 aromatic heterocycles. The SMILES string of the molecule is COc1ccc(F)cc1-c1ccccc1CCC1CNCCO1. The quantitative estimate of drug-likeness (QED) is 0.917. The van der Waals surface area contributed by atoms with Gasteiger partial charge in [-0.25, -0.2) is 4.39 Å². The first-order valence-corrected chi connectivity index (χ1v) is 8.02. The van der Waals surface area contributed by atoms with Crippen LogP contribution in [0.25, 0.3) is 11.1 Å². The Morgan fingerprint density at radius 3 is 2.87 bits per heavy atom. The van der Waals surface area contributed by atoms with E-state index in [9.17, 15) is 4.39 Å². The molecule has 0 spiro atoms. The van der Waals surface area contributed by atoms with Gasteiger partial charge in [-0.15, -0.1) is 0 Å². The average Bonchev–Trinajstić information content (AvgIpc) is 2.61. The smallest absolute Gasteiger partial charge is 0.126 e. The van der Waals surface area contributed by atoms with Gasteiger partial charge >= 0.3 is 0 Å². The largest absolute Gasteiger partial charge is 0.496 e. The number of rotatable bonds is 5. The first kappa shape index (κ1) is 16.0. The molecule has 0 aliphatic carbocycles. The Labute approximate surface area is 136 Å². The molecular formula is C19H22FNO2. The lowest BCUT2D eigenvalue weighted by molar-refractivity contribution is 0.0238. The van der Waals surface area contributed by atoms with E-state index in [1.54, 1.807) is 13.2 Å². The number of hydrogen-bond donors (Lipinski definition) is 1. The summed E-state index contributed by atoms with van der Waals surface area (Å²) in [7, 11) is 1.61. The second kappa shape index (κ2) is 7.57. The summed E-state index contributed by atoms with van der Waals surface area (Å²) < 4.78 is 24.9. The summed E-state index contributed by atoms with van der Waals surface area (Å²) in [4.78, 5) is 0. The molecule has 2 aromatic rings. The molecule has 1 aliphatic rings. The molecule has 122 valence electrons. The van der Waals surface area contributed by atoms with Crippen molar-refractivity contribution in [3.8, 4) is 16.9 Å². The Bertz CT molecular complexity index is 654. The molecule has 0 bridgehead atoms. The van der Waals surface area contributed by atoms with Crippen LogP contribution < -0.4 is 10.1 Å². The molecular weight excluding hydrogens is 293 g/mol. The fourth-order valence-corrected chi connectivity index (χ4v) is 3.01. The molecule has 2 aromatic carbocycles. The minimum Gasteiger partial charge on any atom is -0.496 e. The summed E-state index contributed by atoms with van der Waals surface area (Å²) in [6, 6.07) is 12.7. The number of methoxy groups -OCH3 is 1. The number of nitrogens with one attached hydrogen (secondary N) is 1. The van der Waals surface area contributed by atoms with Crippen molar-refractivity contribution >= 4 is 0 Å². The predicted molar refractivity (Wildman–Crippen MR) is 89.3 cm³/mol. The standard InChI is InChI=1S/C19H22FNO2/c1-22-19-9-7-15(20)12-18(19)17-5-3-2-4-14(17)6-8-16-13-21-10-11-23-16/h2-5,7,9,12,16,21H,6,8,10-11,13H2,1H3. The Kier molecular flexibility index (Phi) is 5.26. The minimum absolute atomic E-state index is 0.242. The van der Waals surface area contributed by atoms with E-state index >= 15 is 0 Å². The van der Waals surface area contributed by atoms with Gasteiger partial charge in [-0.1, -0.05) is 24.3 Å². The maximum absolute atomic E-state index is 13.7. The van der Waals surface area contributed by atoms with Crippen molar-refractivity contribution in [2.45, 2.75) is 18.9 Å². The molecule has 3 rings (SSSR count). The second-order valence-electron chi connectivity index (χ2n) is 5.74. The predicted octanol–water partition coefficient (Wildman–Crippen LogP) is 3.42. The average molecular weight is 315 g/mol. The Morgan fingerprint density at radius 2 is 2.09 bits per heavy atom. The van der Waals surface area contributed by atoms with Crippen LogP contribution in [0.2, 0.25) is 0 Å². The monoisotopic (exact) mass is 315 g/mol. The van der Waals surface area contributed by atoms with E-state index in [2.05, 4.69) is 11.4 Å². The van der Waals surface area contributed by atoms with Crippen molar-refractivity contribution < 1.29 is 13.9 Å². The maximum Gasteiger partial charge on any atom is 0.126 e. The van der Waals surface area contributed by atoms with E-state index in [1.807, 2.05) is 18.2 Å². The van der Waals surface area contributed by atoms with Crippen molar-refractivity contribution in [2.75, 3.05) is 26.8 Å². The van der Waals surface area contributed by atoms with Crippen LogP contribution in [0.15, 0.2) is 42.5 Å². The fraction of sp³-hybridized carbons (Fsp3) is 0.368. The normalized spacial score (nSPS) is 17.9. The molecule has 1 atom stereocenters. The Morgan fingerprint density at radius 1 is 1.22 bits per heavy atom. The zero-order chi connectivity index (χ0) is 16.1. The zero-order valence-electron chi connectivity index (χ0n) is 13.3. The molecule has 1 fully saturated rings. The van der Waals surface area contributed by atoms with Crippen LogP contribution >= 0.6 is 0 Å². The van der Waals surface area contributed by atoms with Crippen molar-refractivity contribution in [3.05, 3.63) is 53.8 Å². The number of halogens is 1. The molecule has 1 saturated heterocycles. The van der Waals surface area contributed by atoms with Crippen LogP contribution in [0.5, 0.6) is 5.75 Å². The van der Waals surface area contributed by atoms with Gasteiger partial charge in [0, 0.05) is 18.7 Å². The van der Waals surface area contributed by atoms with Crippen LogP contribution in [0.3, 0.4) is 0 Å². The maximum atomic E-state index is 13.7. The summed E-state index contributed by atoms with van der Waals surface area (Å²) in [6.07, 6.45) is 2.08. The second-order valence-corrected chi connectivity index (χ2v) is 5.74. The highest BCUT2D eigenvalue weighted by Gasteiger charge is 2.16.